The molecule has 3 aromatic rings. The largest absolute Gasteiger partial charge is 0.355 e. The summed E-state index contributed by atoms with van der Waals surface area (Å²) < 4.78 is 16.0. The van der Waals surface area contributed by atoms with Crippen molar-refractivity contribution in [1.29, 1.82) is 0 Å². The van der Waals surface area contributed by atoms with Crippen LogP contribution in [0.4, 0.5) is 4.39 Å². The van der Waals surface area contributed by atoms with Gasteiger partial charge in [-0.2, -0.15) is 5.10 Å². The van der Waals surface area contributed by atoms with Crippen LogP contribution in [-0.2, 0) is 11.3 Å². The lowest BCUT2D eigenvalue weighted by Crippen LogP contribution is -2.34. The first kappa shape index (κ1) is 14.2. The molecule has 114 valence electrons. The summed E-state index contributed by atoms with van der Waals surface area (Å²) in [6.45, 7) is 2.37. The summed E-state index contributed by atoms with van der Waals surface area (Å²) in [7, 11) is 0. The maximum atomic E-state index is 13.3. The van der Waals surface area contributed by atoms with Gasteiger partial charge in [-0.1, -0.05) is 6.92 Å². The Morgan fingerprint density at radius 2 is 2.14 bits per heavy atom. The molecule has 0 aliphatic carbocycles. The average Bonchev–Trinajstić information content (AvgIpc) is 2.86. The summed E-state index contributed by atoms with van der Waals surface area (Å²) in [5.74, 6) is -0.626. The van der Waals surface area contributed by atoms with Crippen LogP contribution < -0.4 is 10.9 Å². The van der Waals surface area contributed by atoms with E-state index in [1.165, 1.54) is 18.5 Å². The minimum atomic E-state index is -0.384. The van der Waals surface area contributed by atoms with Crippen molar-refractivity contribution in [2.75, 3.05) is 6.54 Å². The number of aromatic nitrogens is 3. The summed E-state index contributed by atoms with van der Waals surface area (Å²) in [5, 5.41) is 7.32. The van der Waals surface area contributed by atoms with Gasteiger partial charge in [0.05, 0.1) is 5.52 Å². The molecule has 0 radical (unpaired) electrons. The number of halogens is 1. The molecule has 22 heavy (non-hydrogen) atoms. The third-order valence-electron chi connectivity index (χ3n) is 3.43. The molecule has 0 spiro atoms. The van der Waals surface area contributed by atoms with Gasteiger partial charge < -0.3 is 5.32 Å². The highest BCUT2D eigenvalue weighted by Crippen LogP contribution is 2.18. The standard InChI is InChI=1S/C15H15FN4O2/c1-2-5-17-14(21)8-20-15(22)13-7-10-6-11(16)3-4-12(10)19(13)9-18-20/h3-4,6-7,9H,2,5,8H2,1H3,(H,17,21). The highest BCUT2D eigenvalue weighted by atomic mass is 19.1. The lowest BCUT2D eigenvalue weighted by Gasteiger charge is -2.06. The van der Waals surface area contributed by atoms with Gasteiger partial charge in [-0.15, -0.1) is 0 Å². The first-order chi connectivity index (χ1) is 10.6. The van der Waals surface area contributed by atoms with E-state index >= 15 is 0 Å². The minimum absolute atomic E-state index is 0.134. The fraction of sp³-hybridized carbons (Fsp3) is 0.267. The van der Waals surface area contributed by atoms with Gasteiger partial charge in [-0.3, -0.25) is 14.0 Å². The van der Waals surface area contributed by atoms with Crippen molar-refractivity contribution < 1.29 is 9.18 Å². The monoisotopic (exact) mass is 302 g/mol. The lowest BCUT2D eigenvalue weighted by molar-refractivity contribution is -0.121. The summed E-state index contributed by atoms with van der Waals surface area (Å²) in [5.41, 5.74) is 0.674. The van der Waals surface area contributed by atoms with Gasteiger partial charge >= 0.3 is 0 Å². The van der Waals surface area contributed by atoms with Gasteiger partial charge in [0.1, 0.15) is 24.2 Å². The van der Waals surface area contributed by atoms with Crippen molar-refractivity contribution >= 4 is 22.3 Å². The normalized spacial score (nSPS) is 11.2. The summed E-state index contributed by atoms with van der Waals surface area (Å²) in [6.07, 6.45) is 2.28. The Balaban J connectivity index is 2.04. The number of nitrogens with zero attached hydrogens (tertiary/aromatic N) is 3. The second kappa shape index (κ2) is 5.59. The zero-order valence-corrected chi connectivity index (χ0v) is 12.0. The molecule has 0 fully saturated rings. The number of hydrogen-bond acceptors (Lipinski definition) is 3. The summed E-state index contributed by atoms with van der Waals surface area (Å²) in [4.78, 5) is 24.1. The van der Waals surface area contributed by atoms with E-state index in [2.05, 4.69) is 10.4 Å². The predicted molar refractivity (Wildman–Crippen MR) is 80.2 cm³/mol. The van der Waals surface area contributed by atoms with Crippen LogP contribution in [-0.4, -0.2) is 26.6 Å². The molecular weight excluding hydrogens is 287 g/mol. The molecular formula is C15H15FN4O2. The minimum Gasteiger partial charge on any atom is -0.355 e. The molecule has 1 amide bonds. The number of nitrogens with one attached hydrogen (secondary N) is 1. The second-order valence-electron chi connectivity index (χ2n) is 5.05. The van der Waals surface area contributed by atoms with Gasteiger partial charge in [0.2, 0.25) is 5.91 Å². The van der Waals surface area contributed by atoms with Crippen LogP contribution in [0.3, 0.4) is 0 Å². The fourth-order valence-electron chi connectivity index (χ4n) is 2.36. The van der Waals surface area contributed by atoms with E-state index < -0.39 is 0 Å². The van der Waals surface area contributed by atoms with E-state index in [-0.39, 0.29) is 23.8 Å². The van der Waals surface area contributed by atoms with E-state index in [0.717, 1.165) is 11.1 Å². The highest BCUT2D eigenvalue weighted by molar-refractivity contribution is 5.86. The van der Waals surface area contributed by atoms with Crippen LogP contribution in [0.2, 0.25) is 0 Å². The van der Waals surface area contributed by atoms with Crippen molar-refractivity contribution in [3.8, 4) is 0 Å². The van der Waals surface area contributed by atoms with E-state index in [0.29, 0.717) is 23.0 Å². The molecule has 0 bridgehead atoms. The Hall–Kier alpha value is -2.70. The number of amides is 1. The number of benzene rings is 1. The zero-order valence-electron chi connectivity index (χ0n) is 12.0. The molecule has 0 unspecified atom stereocenters. The molecule has 6 nitrogen and oxygen atoms in total. The molecule has 3 rings (SSSR count). The molecule has 2 aromatic heterocycles. The third kappa shape index (κ3) is 2.45. The Bertz CT molecular complexity index is 913. The second-order valence-corrected chi connectivity index (χ2v) is 5.05. The lowest BCUT2D eigenvalue weighted by atomic mass is 10.2. The Morgan fingerprint density at radius 1 is 1.32 bits per heavy atom. The Kier molecular flexibility index (Phi) is 3.62. The Labute approximate surface area is 125 Å². The highest BCUT2D eigenvalue weighted by Gasteiger charge is 2.11. The number of rotatable bonds is 4. The van der Waals surface area contributed by atoms with Gasteiger partial charge in [0, 0.05) is 11.9 Å². The molecule has 7 heteroatoms. The summed E-state index contributed by atoms with van der Waals surface area (Å²) in [6, 6.07) is 5.89. The Morgan fingerprint density at radius 3 is 2.91 bits per heavy atom. The van der Waals surface area contributed by atoms with Crippen molar-refractivity contribution in [2.24, 2.45) is 0 Å². The van der Waals surface area contributed by atoms with Crippen molar-refractivity contribution in [3.63, 3.8) is 0 Å². The molecule has 0 aliphatic heterocycles. The maximum absolute atomic E-state index is 13.3. The SMILES string of the molecule is CCCNC(=O)Cn1ncn2c(cc3cc(F)ccc32)c1=O. The first-order valence-corrected chi connectivity index (χ1v) is 7.03. The van der Waals surface area contributed by atoms with Crippen LogP contribution in [0.15, 0.2) is 35.4 Å². The zero-order chi connectivity index (χ0) is 15.7. The average molecular weight is 302 g/mol. The van der Waals surface area contributed by atoms with E-state index in [1.807, 2.05) is 6.92 Å². The van der Waals surface area contributed by atoms with Crippen LogP contribution in [0, 0.1) is 5.82 Å². The number of carbonyl (C=O) groups excluding carboxylic acids is 1. The molecule has 0 aliphatic rings. The van der Waals surface area contributed by atoms with Crippen molar-refractivity contribution in [1.82, 2.24) is 19.5 Å². The number of hydrogen-bond donors (Lipinski definition) is 1. The molecule has 0 atom stereocenters. The van der Waals surface area contributed by atoms with Crippen LogP contribution in [0.25, 0.3) is 16.4 Å². The fourth-order valence-corrected chi connectivity index (χ4v) is 2.36. The van der Waals surface area contributed by atoms with Crippen LogP contribution in [0.5, 0.6) is 0 Å². The van der Waals surface area contributed by atoms with Gasteiger partial charge in [0.25, 0.3) is 5.56 Å². The molecule has 0 saturated carbocycles. The van der Waals surface area contributed by atoms with E-state index in [4.69, 9.17) is 0 Å². The quantitative estimate of drug-likeness (QED) is 0.790. The predicted octanol–water partition coefficient (Wildman–Crippen LogP) is 1.31. The smallest absolute Gasteiger partial charge is 0.291 e. The van der Waals surface area contributed by atoms with E-state index in [9.17, 15) is 14.0 Å². The first-order valence-electron chi connectivity index (χ1n) is 7.03. The maximum Gasteiger partial charge on any atom is 0.291 e. The molecule has 1 N–H and O–H groups in total. The topological polar surface area (TPSA) is 68.4 Å². The van der Waals surface area contributed by atoms with Crippen LogP contribution in [0.1, 0.15) is 13.3 Å². The molecule has 1 aromatic carbocycles. The van der Waals surface area contributed by atoms with Crippen molar-refractivity contribution in [2.45, 2.75) is 19.9 Å². The van der Waals surface area contributed by atoms with E-state index in [1.54, 1.807) is 16.5 Å². The van der Waals surface area contributed by atoms with Crippen molar-refractivity contribution in [3.05, 3.63) is 46.8 Å². The molecule has 2 heterocycles. The molecule has 0 saturated heterocycles. The third-order valence-corrected chi connectivity index (χ3v) is 3.43. The van der Waals surface area contributed by atoms with Gasteiger partial charge in [0.15, 0.2) is 0 Å². The number of carbonyl (C=O) groups is 1. The number of fused-ring (bicyclic) bond motifs is 3. The summed E-state index contributed by atoms with van der Waals surface area (Å²) >= 11 is 0. The van der Waals surface area contributed by atoms with Gasteiger partial charge in [-0.05, 0) is 30.7 Å². The van der Waals surface area contributed by atoms with Crippen LogP contribution >= 0.6 is 0 Å². The van der Waals surface area contributed by atoms with Gasteiger partial charge in [-0.25, -0.2) is 9.07 Å².